The Bertz CT molecular complexity index is 902. The zero-order chi connectivity index (χ0) is 20.0. The van der Waals surface area contributed by atoms with E-state index in [0.29, 0.717) is 22.3 Å². The number of nitrogen functional groups attached to an aromatic ring is 1. The molecule has 0 fully saturated rings. The SMILES string of the molecule is CCC.Cc1cc(C)c(Oc2nc(-c3cncc(Cl)c3)ccc2N)c(C)c1. The Kier molecular flexibility index (Phi) is 7.19. The van der Waals surface area contributed by atoms with Crippen LogP contribution < -0.4 is 10.5 Å². The second-order valence-corrected chi connectivity index (χ2v) is 6.96. The monoisotopic (exact) mass is 383 g/mol. The maximum Gasteiger partial charge on any atom is 0.243 e. The molecule has 0 aliphatic rings. The zero-order valence-electron chi connectivity index (χ0n) is 16.5. The lowest BCUT2D eigenvalue weighted by Gasteiger charge is -2.14. The quantitative estimate of drug-likeness (QED) is 0.559. The van der Waals surface area contributed by atoms with Crippen LogP contribution in [0.2, 0.25) is 5.02 Å². The molecule has 142 valence electrons. The number of nitrogens with two attached hydrogens (primary N) is 1. The lowest BCUT2D eigenvalue weighted by molar-refractivity contribution is 0.459. The molecule has 0 saturated carbocycles. The van der Waals surface area contributed by atoms with Gasteiger partial charge in [0.05, 0.1) is 16.4 Å². The molecule has 4 nitrogen and oxygen atoms in total. The number of ether oxygens (including phenoxy) is 1. The van der Waals surface area contributed by atoms with Gasteiger partial charge in [-0.3, -0.25) is 4.98 Å². The van der Waals surface area contributed by atoms with Crippen molar-refractivity contribution in [2.45, 2.75) is 41.0 Å². The van der Waals surface area contributed by atoms with Crippen molar-refractivity contribution in [2.75, 3.05) is 5.73 Å². The van der Waals surface area contributed by atoms with E-state index in [2.05, 4.69) is 42.9 Å². The summed E-state index contributed by atoms with van der Waals surface area (Å²) in [4.78, 5) is 8.63. The van der Waals surface area contributed by atoms with Crippen LogP contribution in [0.25, 0.3) is 11.3 Å². The predicted molar refractivity (Wildman–Crippen MR) is 114 cm³/mol. The van der Waals surface area contributed by atoms with Gasteiger partial charge in [-0.2, -0.15) is 0 Å². The third-order valence-corrected chi connectivity index (χ3v) is 3.90. The number of anilines is 1. The van der Waals surface area contributed by atoms with E-state index in [9.17, 15) is 0 Å². The summed E-state index contributed by atoms with van der Waals surface area (Å²) in [6, 6.07) is 9.55. The topological polar surface area (TPSA) is 61.0 Å². The second-order valence-electron chi connectivity index (χ2n) is 6.52. The fraction of sp³-hybridized carbons (Fsp3) is 0.273. The fourth-order valence-electron chi connectivity index (χ4n) is 2.67. The van der Waals surface area contributed by atoms with Crippen molar-refractivity contribution in [3.63, 3.8) is 0 Å². The van der Waals surface area contributed by atoms with Gasteiger partial charge in [0.25, 0.3) is 0 Å². The van der Waals surface area contributed by atoms with Crippen LogP contribution in [-0.2, 0) is 0 Å². The second kappa shape index (κ2) is 9.38. The summed E-state index contributed by atoms with van der Waals surface area (Å²) in [5, 5.41) is 0.554. The molecule has 0 bridgehead atoms. The first-order valence-electron chi connectivity index (χ1n) is 8.98. The van der Waals surface area contributed by atoms with Gasteiger partial charge in [0.1, 0.15) is 5.75 Å². The number of aryl methyl sites for hydroxylation is 3. The molecule has 0 atom stereocenters. The molecule has 0 unspecified atom stereocenters. The molecule has 27 heavy (non-hydrogen) atoms. The molecular formula is C22H26ClN3O. The highest BCUT2D eigenvalue weighted by Gasteiger charge is 2.12. The smallest absolute Gasteiger partial charge is 0.243 e. The molecule has 0 amide bonds. The highest BCUT2D eigenvalue weighted by molar-refractivity contribution is 6.30. The zero-order valence-corrected chi connectivity index (χ0v) is 17.3. The minimum Gasteiger partial charge on any atom is -0.437 e. The number of pyridine rings is 2. The predicted octanol–water partition coefficient (Wildman–Crippen LogP) is 6.51. The number of rotatable bonds is 3. The van der Waals surface area contributed by atoms with Crippen molar-refractivity contribution >= 4 is 17.3 Å². The van der Waals surface area contributed by atoms with Crippen LogP contribution >= 0.6 is 11.6 Å². The van der Waals surface area contributed by atoms with Gasteiger partial charge in [0.2, 0.25) is 5.88 Å². The van der Waals surface area contributed by atoms with Gasteiger partial charge in [0.15, 0.2) is 0 Å². The molecule has 0 aliphatic carbocycles. The highest BCUT2D eigenvalue weighted by Crippen LogP contribution is 2.33. The minimum absolute atomic E-state index is 0.377. The number of halogens is 1. The molecule has 3 aromatic rings. The van der Waals surface area contributed by atoms with Gasteiger partial charge in [-0.05, 0) is 50.1 Å². The molecule has 0 radical (unpaired) electrons. The molecule has 5 heteroatoms. The fourth-order valence-corrected chi connectivity index (χ4v) is 2.84. The third kappa shape index (κ3) is 5.44. The Labute approximate surface area is 166 Å². The van der Waals surface area contributed by atoms with Gasteiger partial charge in [-0.1, -0.05) is 49.6 Å². The summed E-state index contributed by atoms with van der Waals surface area (Å²) in [6.07, 6.45) is 4.54. The lowest BCUT2D eigenvalue weighted by Crippen LogP contribution is -1.99. The first kappa shape index (κ1) is 20.7. The average molecular weight is 384 g/mol. The molecule has 2 aromatic heterocycles. The molecule has 3 rings (SSSR count). The summed E-state index contributed by atoms with van der Waals surface area (Å²) >= 11 is 6.01. The molecule has 0 aliphatic heterocycles. The van der Waals surface area contributed by atoms with Crippen LogP contribution in [0, 0.1) is 20.8 Å². The maximum absolute atomic E-state index is 6.05. The van der Waals surface area contributed by atoms with E-state index >= 15 is 0 Å². The third-order valence-electron chi connectivity index (χ3n) is 3.69. The Hall–Kier alpha value is -2.59. The van der Waals surface area contributed by atoms with Gasteiger partial charge in [-0.25, -0.2) is 4.98 Å². The summed E-state index contributed by atoms with van der Waals surface area (Å²) in [7, 11) is 0. The van der Waals surface area contributed by atoms with Gasteiger partial charge in [-0.15, -0.1) is 0 Å². The molecule has 0 saturated heterocycles. The van der Waals surface area contributed by atoms with Crippen molar-refractivity contribution in [3.05, 3.63) is 64.4 Å². The van der Waals surface area contributed by atoms with Crippen LogP contribution in [0.15, 0.2) is 42.7 Å². The summed E-state index contributed by atoms with van der Waals surface area (Å²) in [5.41, 5.74) is 11.3. The van der Waals surface area contributed by atoms with Crippen molar-refractivity contribution < 1.29 is 4.74 Å². The Morgan fingerprint density at radius 3 is 2.22 bits per heavy atom. The average Bonchev–Trinajstić information content (AvgIpc) is 2.60. The molecule has 2 heterocycles. The Balaban J connectivity index is 0.000000817. The Morgan fingerprint density at radius 1 is 1.00 bits per heavy atom. The highest BCUT2D eigenvalue weighted by atomic mass is 35.5. The van der Waals surface area contributed by atoms with Gasteiger partial charge in [0, 0.05) is 18.0 Å². The van der Waals surface area contributed by atoms with Crippen LogP contribution in [0.4, 0.5) is 5.69 Å². The molecule has 1 aromatic carbocycles. The van der Waals surface area contributed by atoms with Crippen LogP contribution in [0.5, 0.6) is 11.6 Å². The van der Waals surface area contributed by atoms with Crippen LogP contribution in [-0.4, -0.2) is 9.97 Å². The number of hydrogen-bond donors (Lipinski definition) is 1. The van der Waals surface area contributed by atoms with E-state index in [1.807, 2.05) is 19.9 Å². The lowest BCUT2D eigenvalue weighted by atomic mass is 10.1. The summed E-state index contributed by atoms with van der Waals surface area (Å²) in [6.45, 7) is 10.3. The number of benzene rings is 1. The number of hydrogen-bond acceptors (Lipinski definition) is 4. The van der Waals surface area contributed by atoms with E-state index in [-0.39, 0.29) is 0 Å². The van der Waals surface area contributed by atoms with E-state index < -0.39 is 0 Å². The number of nitrogens with zero attached hydrogens (tertiary/aromatic N) is 2. The molecule has 2 N–H and O–H groups in total. The molecular weight excluding hydrogens is 358 g/mol. The van der Waals surface area contributed by atoms with E-state index in [1.54, 1.807) is 24.5 Å². The van der Waals surface area contributed by atoms with Crippen molar-refractivity contribution in [3.8, 4) is 22.9 Å². The number of aromatic nitrogens is 2. The van der Waals surface area contributed by atoms with Crippen LogP contribution in [0.1, 0.15) is 37.0 Å². The van der Waals surface area contributed by atoms with Crippen molar-refractivity contribution in [1.82, 2.24) is 9.97 Å². The van der Waals surface area contributed by atoms with Crippen molar-refractivity contribution in [1.29, 1.82) is 0 Å². The van der Waals surface area contributed by atoms with E-state index in [4.69, 9.17) is 22.1 Å². The summed E-state index contributed by atoms with van der Waals surface area (Å²) in [5.74, 6) is 1.16. The van der Waals surface area contributed by atoms with Gasteiger partial charge < -0.3 is 10.5 Å². The van der Waals surface area contributed by atoms with E-state index in [0.717, 1.165) is 22.4 Å². The minimum atomic E-state index is 0.377. The largest absolute Gasteiger partial charge is 0.437 e. The van der Waals surface area contributed by atoms with E-state index in [1.165, 1.54) is 12.0 Å². The van der Waals surface area contributed by atoms with Crippen molar-refractivity contribution in [2.24, 2.45) is 0 Å². The summed E-state index contributed by atoms with van der Waals surface area (Å²) < 4.78 is 6.03. The first-order chi connectivity index (χ1) is 12.8. The maximum atomic E-state index is 6.05. The standard InChI is InChI=1S/C19H18ClN3O.C3H8/c1-11-6-12(2)18(13(3)7-11)24-19-16(21)4-5-17(23-19)14-8-15(20)10-22-9-14;1-3-2/h4-10H,21H2,1-3H3;3H2,1-2H3. The molecule has 0 spiro atoms. The van der Waals surface area contributed by atoms with Crippen LogP contribution in [0.3, 0.4) is 0 Å². The van der Waals surface area contributed by atoms with Gasteiger partial charge >= 0.3 is 0 Å². The Morgan fingerprint density at radius 2 is 1.63 bits per heavy atom. The first-order valence-corrected chi connectivity index (χ1v) is 9.36. The normalized spacial score (nSPS) is 10.1.